The summed E-state index contributed by atoms with van der Waals surface area (Å²) in [5.74, 6) is 0. The minimum atomic E-state index is 0.523. The first kappa shape index (κ1) is 3.58. The molecule has 0 aliphatic carbocycles. The maximum absolute atomic E-state index is 4.03. The SMILES string of the molecule is c1cc2nc(n1)[Se]2. The molecule has 2 nitrogen and oxygen atoms in total. The van der Waals surface area contributed by atoms with Crippen molar-refractivity contribution in [1.29, 1.82) is 0 Å². The third-order valence-corrected chi connectivity index (χ3v) is 2.52. The Morgan fingerprint density at radius 1 is 1.57 bits per heavy atom. The Bertz CT molecular complexity index is 174. The molecule has 0 saturated heterocycles. The van der Waals surface area contributed by atoms with Gasteiger partial charge in [0, 0.05) is 0 Å². The van der Waals surface area contributed by atoms with Crippen LogP contribution in [0.25, 0.3) is 0 Å². The quantitative estimate of drug-likeness (QED) is 0.432. The summed E-state index contributed by atoms with van der Waals surface area (Å²) < 4.78 is 2.28. The summed E-state index contributed by atoms with van der Waals surface area (Å²) in [6.45, 7) is 0. The molecule has 0 atom stereocenters. The molecule has 3 rings (SSSR count). The molecule has 0 saturated carbocycles. The van der Waals surface area contributed by atoms with Gasteiger partial charge in [-0.15, -0.1) is 0 Å². The van der Waals surface area contributed by atoms with Crippen LogP contribution in [-0.4, -0.2) is 24.9 Å². The molecule has 2 aliphatic rings. The van der Waals surface area contributed by atoms with Crippen LogP contribution in [0.2, 0.25) is 0 Å². The number of hydrogen-bond acceptors (Lipinski definition) is 2. The topological polar surface area (TPSA) is 25.8 Å². The average molecular weight is 157 g/mol. The Kier molecular flexibility index (Phi) is 0.540. The van der Waals surface area contributed by atoms with Crippen molar-refractivity contribution in [2.75, 3.05) is 0 Å². The van der Waals surface area contributed by atoms with E-state index in [1.54, 1.807) is 0 Å². The number of aromatic nitrogens is 2. The average Bonchev–Trinajstić information content (AvgIpc) is 1.67. The molecule has 7 heavy (non-hydrogen) atoms. The van der Waals surface area contributed by atoms with Crippen LogP contribution < -0.4 is 9.32 Å². The number of hydrogen-bond donors (Lipinski definition) is 0. The van der Waals surface area contributed by atoms with Crippen LogP contribution >= 0.6 is 0 Å². The van der Waals surface area contributed by atoms with Gasteiger partial charge in [0.2, 0.25) is 0 Å². The summed E-state index contributed by atoms with van der Waals surface area (Å²) in [4.78, 5) is 8.01. The van der Waals surface area contributed by atoms with Crippen LogP contribution in [0.4, 0.5) is 0 Å². The predicted molar refractivity (Wildman–Crippen MR) is 27.1 cm³/mol. The summed E-state index contributed by atoms with van der Waals surface area (Å²) in [5, 5.41) is 0. The molecule has 2 bridgehead atoms. The van der Waals surface area contributed by atoms with Gasteiger partial charge in [0.1, 0.15) is 0 Å². The van der Waals surface area contributed by atoms with E-state index in [1.807, 2.05) is 12.3 Å². The maximum atomic E-state index is 4.03. The van der Waals surface area contributed by atoms with E-state index >= 15 is 0 Å². The number of fused-ring (bicyclic) bond motifs is 2. The molecule has 0 amide bonds. The molecule has 1 aromatic heterocycles. The van der Waals surface area contributed by atoms with Gasteiger partial charge in [-0.1, -0.05) is 0 Å². The molecule has 1 aromatic rings. The Hall–Kier alpha value is -0.401. The monoisotopic (exact) mass is 158 g/mol. The van der Waals surface area contributed by atoms with Gasteiger partial charge in [-0.3, -0.25) is 0 Å². The molecule has 0 spiro atoms. The Balaban J connectivity index is 2.78. The number of rotatable bonds is 0. The normalized spacial score (nSPS) is 13.1. The van der Waals surface area contributed by atoms with Crippen molar-refractivity contribution >= 4 is 24.3 Å². The molecular weight excluding hydrogens is 155 g/mol. The Morgan fingerprint density at radius 3 is 2.57 bits per heavy atom. The predicted octanol–water partition coefficient (Wildman–Crippen LogP) is -1.56. The summed E-state index contributed by atoms with van der Waals surface area (Å²) in [6.07, 6.45) is 1.81. The van der Waals surface area contributed by atoms with Crippen molar-refractivity contribution in [3.05, 3.63) is 12.3 Å². The van der Waals surface area contributed by atoms with Gasteiger partial charge in [-0.2, -0.15) is 0 Å². The summed E-state index contributed by atoms with van der Waals surface area (Å²) >= 11 is 0.523. The standard InChI is InChI=1S/C4H2N2Se/c1-2-5-4-6-3(1)7-4/h1-2H. The second-order valence-electron chi connectivity index (χ2n) is 1.28. The van der Waals surface area contributed by atoms with E-state index in [4.69, 9.17) is 0 Å². The third-order valence-electron chi connectivity index (χ3n) is 0.804. The van der Waals surface area contributed by atoms with Crippen molar-refractivity contribution in [3.63, 3.8) is 0 Å². The molecule has 0 aromatic carbocycles. The van der Waals surface area contributed by atoms with Crippen LogP contribution in [0.5, 0.6) is 0 Å². The van der Waals surface area contributed by atoms with E-state index in [0.29, 0.717) is 15.0 Å². The van der Waals surface area contributed by atoms with Crippen molar-refractivity contribution in [3.8, 4) is 0 Å². The zero-order valence-corrected chi connectivity index (χ0v) is 5.17. The first-order valence-electron chi connectivity index (χ1n) is 1.96. The van der Waals surface area contributed by atoms with Gasteiger partial charge in [0.15, 0.2) is 0 Å². The summed E-state index contributed by atoms with van der Waals surface area (Å²) in [7, 11) is 0. The Morgan fingerprint density at radius 2 is 2.43 bits per heavy atom. The van der Waals surface area contributed by atoms with Gasteiger partial charge in [0.05, 0.1) is 0 Å². The molecule has 3 heterocycles. The van der Waals surface area contributed by atoms with Gasteiger partial charge in [0.25, 0.3) is 0 Å². The van der Waals surface area contributed by atoms with Crippen LogP contribution in [0.15, 0.2) is 12.3 Å². The van der Waals surface area contributed by atoms with E-state index in [9.17, 15) is 0 Å². The van der Waals surface area contributed by atoms with Crippen molar-refractivity contribution in [2.24, 2.45) is 0 Å². The van der Waals surface area contributed by atoms with Crippen molar-refractivity contribution in [2.45, 2.75) is 0 Å². The van der Waals surface area contributed by atoms with E-state index in [2.05, 4.69) is 9.97 Å². The second-order valence-corrected chi connectivity index (χ2v) is 3.35. The molecule has 2 aliphatic heterocycles. The fourth-order valence-corrected chi connectivity index (χ4v) is 1.69. The molecule has 0 N–H and O–H groups in total. The summed E-state index contributed by atoms with van der Waals surface area (Å²) in [5.41, 5.74) is 0. The van der Waals surface area contributed by atoms with E-state index in [-0.39, 0.29) is 0 Å². The third kappa shape index (κ3) is 0.392. The first-order valence-corrected chi connectivity index (χ1v) is 3.67. The zero-order valence-electron chi connectivity index (χ0n) is 3.46. The molecular formula is C4H2N2Se. The van der Waals surface area contributed by atoms with Crippen molar-refractivity contribution in [1.82, 2.24) is 9.97 Å². The molecule has 0 unspecified atom stereocenters. The second kappa shape index (κ2) is 1.05. The number of nitrogens with zero attached hydrogens (tertiary/aromatic N) is 2. The van der Waals surface area contributed by atoms with Crippen molar-refractivity contribution < 1.29 is 0 Å². The van der Waals surface area contributed by atoms with Gasteiger partial charge in [-0.05, 0) is 0 Å². The first-order chi connectivity index (χ1) is 3.45. The van der Waals surface area contributed by atoms with Gasteiger partial charge < -0.3 is 0 Å². The minimum absolute atomic E-state index is 0.523. The van der Waals surface area contributed by atoms with E-state index in [0.717, 1.165) is 4.72 Å². The summed E-state index contributed by atoms with van der Waals surface area (Å²) in [6, 6.07) is 1.97. The van der Waals surface area contributed by atoms with Crippen LogP contribution in [-0.2, 0) is 0 Å². The molecule has 0 fully saturated rings. The van der Waals surface area contributed by atoms with Crippen LogP contribution in [0.3, 0.4) is 0 Å². The van der Waals surface area contributed by atoms with Crippen LogP contribution in [0.1, 0.15) is 0 Å². The zero-order chi connectivity index (χ0) is 4.69. The fourth-order valence-electron chi connectivity index (χ4n) is 0.486. The molecule has 0 radical (unpaired) electrons. The van der Waals surface area contributed by atoms with E-state index < -0.39 is 0 Å². The molecule has 3 heteroatoms. The van der Waals surface area contributed by atoms with Crippen LogP contribution in [0, 0.1) is 0 Å². The fraction of sp³-hybridized carbons (Fsp3) is 0. The van der Waals surface area contributed by atoms with Gasteiger partial charge in [-0.25, -0.2) is 0 Å². The Labute approximate surface area is 47.1 Å². The van der Waals surface area contributed by atoms with E-state index in [1.165, 1.54) is 4.59 Å². The molecule has 34 valence electrons. The van der Waals surface area contributed by atoms with Gasteiger partial charge >= 0.3 is 46.5 Å².